The predicted molar refractivity (Wildman–Crippen MR) is 77.1 cm³/mol. The summed E-state index contributed by atoms with van der Waals surface area (Å²) in [6.07, 6.45) is 1.74. The van der Waals surface area contributed by atoms with Gasteiger partial charge in [0.25, 0.3) is 0 Å². The molecule has 18 heavy (non-hydrogen) atoms. The van der Waals surface area contributed by atoms with E-state index in [9.17, 15) is 4.39 Å². The summed E-state index contributed by atoms with van der Waals surface area (Å²) in [5.74, 6) is 0.396. The van der Waals surface area contributed by atoms with Crippen molar-refractivity contribution in [3.63, 3.8) is 0 Å². The van der Waals surface area contributed by atoms with E-state index in [-0.39, 0.29) is 5.82 Å². The van der Waals surface area contributed by atoms with Crippen molar-refractivity contribution in [2.75, 3.05) is 13.1 Å². The fraction of sp³-hybridized carbons (Fsp3) is 0.308. The van der Waals surface area contributed by atoms with E-state index in [1.165, 1.54) is 6.07 Å². The van der Waals surface area contributed by atoms with Gasteiger partial charge in [0, 0.05) is 23.1 Å². The first kappa shape index (κ1) is 14.7. The molecular formula is C13H17BrFN3. The maximum atomic E-state index is 13.6. The van der Waals surface area contributed by atoms with Gasteiger partial charge >= 0.3 is 0 Å². The molecule has 2 N–H and O–H groups in total. The first-order chi connectivity index (χ1) is 8.67. The Labute approximate surface area is 115 Å². The van der Waals surface area contributed by atoms with Gasteiger partial charge in [-0.1, -0.05) is 28.1 Å². The van der Waals surface area contributed by atoms with Crippen molar-refractivity contribution in [3.8, 4) is 0 Å². The molecule has 0 aliphatic heterocycles. The van der Waals surface area contributed by atoms with Crippen molar-refractivity contribution in [2.24, 2.45) is 4.99 Å². The van der Waals surface area contributed by atoms with Crippen molar-refractivity contribution in [1.29, 1.82) is 0 Å². The molecule has 98 valence electrons. The number of benzene rings is 1. The van der Waals surface area contributed by atoms with E-state index in [2.05, 4.69) is 38.1 Å². The second-order valence-electron chi connectivity index (χ2n) is 3.60. The zero-order valence-corrected chi connectivity index (χ0v) is 11.9. The summed E-state index contributed by atoms with van der Waals surface area (Å²) >= 11 is 3.22. The summed E-state index contributed by atoms with van der Waals surface area (Å²) in [5, 5.41) is 6.14. The standard InChI is InChI=1S/C13H17BrFN3/c1-3-7-17-13(16-4-2)18-9-10-5-6-11(14)8-12(10)15/h3,5-6,8H,1,4,7,9H2,2H3,(H2,16,17,18). The molecule has 0 heterocycles. The third-order valence-corrected chi connectivity index (χ3v) is 2.67. The van der Waals surface area contributed by atoms with Crippen LogP contribution >= 0.6 is 15.9 Å². The molecule has 0 atom stereocenters. The van der Waals surface area contributed by atoms with Crippen LogP contribution in [0.4, 0.5) is 4.39 Å². The lowest BCUT2D eigenvalue weighted by atomic mass is 10.2. The molecule has 3 nitrogen and oxygen atoms in total. The first-order valence-corrected chi connectivity index (χ1v) is 6.53. The van der Waals surface area contributed by atoms with Crippen molar-refractivity contribution in [1.82, 2.24) is 10.6 Å². The SMILES string of the molecule is C=CCNC(=NCc1ccc(Br)cc1F)NCC. The molecule has 0 radical (unpaired) electrons. The average Bonchev–Trinajstić information content (AvgIpc) is 2.34. The van der Waals surface area contributed by atoms with Gasteiger partial charge in [0.2, 0.25) is 0 Å². The molecule has 1 rings (SSSR count). The normalized spacial score (nSPS) is 11.2. The highest BCUT2D eigenvalue weighted by molar-refractivity contribution is 9.10. The number of hydrogen-bond donors (Lipinski definition) is 2. The molecular weight excluding hydrogens is 297 g/mol. The smallest absolute Gasteiger partial charge is 0.191 e. The van der Waals surface area contributed by atoms with Gasteiger partial charge in [-0.2, -0.15) is 0 Å². The maximum absolute atomic E-state index is 13.6. The number of nitrogens with zero attached hydrogens (tertiary/aromatic N) is 1. The second kappa shape index (κ2) is 7.87. The molecule has 0 fully saturated rings. The molecule has 0 bridgehead atoms. The molecule has 1 aromatic carbocycles. The third-order valence-electron chi connectivity index (χ3n) is 2.18. The third kappa shape index (κ3) is 4.87. The van der Waals surface area contributed by atoms with Crippen LogP contribution in [0.2, 0.25) is 0 Å². The Morgan fingerprint density at radius 1 is 1.50 bits per heavy atom. The number of hydrogen-bond acceptors (Lipinski definition) is 1. The molecule has 0 saturated heterocycles. The average molecular weight is 314 g/mol. The highest BCUT2D eigenvalue weighted by Crippen LogP contribution is 2.15. The molecule has 0 spiro atoms. The molecule has 0 unspecified atom stereocenters. The Bertz CT molecular complexity index is 432. The van der Waals surface area contributed by atoms with Crippen LogP contribution in [0.3, 0.4) is 0 Å². The fourth-order valence-electron chi connectivity index (χ4n) is 1.32. The van der Waals surface area contributed by atoms with E-state index in [0.29, 0.717) is 24.6 Å². The predicted octanol–water partition coefficient (Wildman–Crippen LogP) is 2.83. The number of rotatable bonds is 5. The van der Waals surface area contributed by atoms with Crippen molar-refractivity contribution in [2.45, 2.75) is 13.5 Å². The Morgan fingerprint density at radius 2 is 2.28 bits per heavy atom. The second-order valence-corrected chi connectivity index (χ2v) is 4.52. The van der Waals surface area contributed by atoms with Crippen molar-refractivity contribution >= 4 is 21.9 Å². The number of nitrogens with one attached hydrogen (secondary N) is 2. The minimum absolute atomic E-state index is 0.257. The highest BCUT2D eigenvalue weighted by Gasteiger charge is 2.02. The number of halogens is 2. The summed E-state index contributed by atoms with van der Waals surface area (Å²) < 4.78 is 14.3. The van der Waals surface area contributed by atoms with Crippen LogP contribution in [0.25, 0.3) is 0 Å². The Balaban J connectivity index is 2.71. The lowest BCUT2D eigenvalue weighted by molar-refractivity contribution is 0.609. The lowest BCUT2D eigenvalue weighted by Crippen LogP contribution is -2.37. The molecule has 0 aromatic heterocycles. The van der Waals surface area contributed by atoms with Crippen LogP contribution in [0, 0.1) is 5.82 Å². The highest BCUT2D eigenvalue weighted by atomic mass is 79.9. The summed E-state index contributed by atoms with van der Waals surface area (Å²) in [6.45, 7) is 7.27. The molecule has 0 saturated carbocycles. The van der Waals surface area contributed by atoms with Crippen LogP contribution in [0.5, 0.6) is 0 Å². The number of aliphatic imine (C=N–C) groups is 1. The topological polar surface area (TPSA) is 36.4 Å². The van der Waals surface area contributed by atoms with Crippen molar-refractivity contribution in [3.05, 3.63) is 46.7 Å². The number of guanidine groups is 1. The van der Waals surface area contributed by atoms with Crippen molar-refractivity contribution < 1.29 is 4.39 Å². The molecule has 5 heteroatoms. The van der Waals surface area contributed by atoms with Crippen LogP contribution in [-0.4, -0.2) is 19.0 Å². The van der Waals surface area contributed by atoms with Gasteiger partial charge in [-0.05, 0) is 19.1 Å². The molecule has 0 aliphatic rings. The largest absolute Gasteiger partial charge is 0.357 e. The zero-order chi connectivity index (χ0) is 13.4. The Kier molecular flexibility index (Phi) is 6.43. The molecule has 0 aliphatic carbocycles. The van der Waals surface area contributed by atoms with E-state index >= 15 is 0 Å². The molecule has 0 amide bonds. The lowest BCUT2D eigenvalue weighted by Gasteiger charge is -2.09. The van der Waals surface area contributed by atoms with E-state index < -0.39 is 0 Å². The van der Waals surface area contributed by atoms with Crippen LogP contribution in [0.15, 0.2) is 40.3 Å². The maximum Gasteiger partial charge on any atom is 0.191 e. The van der Waals surface area contributed by atoms with E-state index in [1.54, 1.807) is 18.2 Å². The Morgan fingerprint density at radius 3 is 2.89 bits per heavy atom. The Hall–Kier alpha value is -1.36. The van der Waals surface area contributed by atoms with E-state index in [4.69, 9.17) is 0 Å². The van der Waals surface area contributed by atoms with E-state index in [0.717, 1.165) is 11.0 Å². The van der Waals surface area contributed by atoms with E-state index in [1.807, 2.05) is 6.92 Å². The first-order valence-electron chi connectivity index (χ1n) is 5.74. The van der Waals surface area contributed by atoms with Gasteiger partial charge in [-0.15, -0.1) is 6.58 Å². The fourth-order valence-corrected chi connectivity index (χ4v) is 1.66. The van der Waals surface area contributed by atoms with Gasteiger partial charge in [0.05, 0.1) is 6.54 Å². The van der Waals surface area contributed by atoms with Crippen LogP contribution in [0.1, 0.15) is 12.5 Å². The van der Waals surface area contributed by atoms with Gasteiger partial charge < -0.3 is 10.6 Å². The minimum atomic E-state index is -0.257. The summed E-state index contributed by atoms with van der Waals surface area (Å²) in [5.41, 5.74) is 0.564. The van der Waals surface area contributed by atoms with Gasteiger partial charge in [0.15, 0.2) is 5.96 Å². The minimum Gasteiger partial charge on any atom is -0.357 e. The van der Waals surface area contributed by atoms with Gasteiger partial charge in [-0.3, -0.25) is 0 Å². The molecule has 1 aromatic rings. The monoisotopic (exact) mass is 313 g/mol. The van der Waals surface area contributed by atoms with Crippen LogP contribution < -0.4 is 10.6 Å². The van der Waals surface area contributed by atoms with Crippen LogP contribution in [-0.2, 0) is 6.54 Å². The van der Waals surface area contributed by atoms with Gasteiger partial charge in [0.1, 0.15) is 5.82 Å². The summed E-state index contributed by atoms with van der Waals surface area (Å²) in [4.78, 5) is 4.30. The summed E-state index contributed by atoms with van der Waals surface area (Å²) in [7, 11) is 0. The summed E-state index contributed by atoms with van der Waals surface area (Å²) in [6, 6.07) is 4.97. The van der Waals surface area contributed by atoms with Gasteiger partial charge in [-0.25, -0.2) is 9.38 Å². The zero-order valence-electron chi connectivity index (χ0n) is 10.3. The quantitative estimate of drug-likeness (QED) is 0.498.